The summed E-state index contributed by atoms with van der Waals surface area (Å²) in [5, 5.41) is 3.05. The third-order valence-electron chi connectivity index (χ3n) is 6.62. The van der Waals surface area contributed by atoms with Crippen molar-refractivity contribution in [2.45, 2.75) is 63.3 Å². The molecule has 1 saturated carbocycles. The van der Waals surface area contributed by atoms with Gasteiger partial charge in [0.05, 0.1) is 6.67 Å². The van der Waals surface area contributed by atoms with E-state index in [0.717, 1.165) is 58.0 Å². The summed E-state index contributed by atoms with van der Waals surface area (Å²) in [6.45, 7) is 2.37. The van der Waals surface area contributed by atoms with Gasteiger partial charge < -0.3 is 5.32 Å². The number of amides is 3. The molecule has 3 fully saturated rings. The SMILES string of the molecule is O=C1NC2(CCCCCC2)C(=O)N1CN1CCC(Cc2ccccc2)CC1. The van der Waals surface area contributed by atoms with Gasteiger partial charge in [-0.05, 0) is 43.6 Å². The Balaban J connectivity index is 1.31. The number of hydrogen-bond donors (Lipinski definition) is 1. The Labute approximate surface area is 162 Å². The van der Waals surface area contributed by atoms with Gasteiger partial charge in [-0.25, -0.2) is 9.69 Å². The lowest BCUT2D eigenvalue weighted by molar-refractivity contribution is -0.133. The standard InChI is InChI=1S/C22H31N3O2/c26-20-22(12-6-1-2-7-13-22)23-21(27)25(20)17-24-14-10-19(11-15-24)16-18-8-4-3-5-9-18/h3-5,8-9,19H,1-2,6-7,10-17H2,(H,23,27). The van der Waals surface area contributed by atoms with E-state index >= 15 is 0 Å². The third-order valence-corrected chi connectivity index (χ3v) is 6.62. The molecule has 0 bridgehead atoms. The summed E-state index contributed by atoms with van der Waals surface area (Å²) in [6, 6.07) is 10.5. The highest BCUT2D eigenvalue weighted by atomic mass is 16.2. The molecule has 0 aromatic heterocycles. The van der Waals surface area contributed by atoms with Gasteiger partial charge in [0.15, 0.2) is 0 Å². The Morgan fingerprint density at radius 2 is 1.63 bits per heavy atom. The molecule has 0 unspecified atom stereocenters. The van der Waals surface area contributed by atoms with Gasteiger partial charge in [-0.15, -0.1) is 0 Å². The normalized spacial score (nSPS) is 24.2. The monoisotopic (exact) mass is 369 g/mol. The fourth-order valence-corrected chi connectivity index (χ4v) is 4.96. The van der Waals surface area contributed by atoms with E-state index in [9.17, 15) is 9.59 Å². The van der Waals surface area contributed by atoms with E-state index in [4.69, 9.17) is 0 Å². The van der Waals surface area contributed by atoms with Gasteiger partial charge in [0, 0.05) is 13.1 Å². The van der Waals surface area contributed by atoms with Crippen molar-refractivity contribution in [2.24, 2.45) is 5.92 Å². The van der Waals surface area contributed by atoms with Crippen LogP contribution >= 0.6 is 0 Å². The summed E-state index contributed by atoms with van der Waals surface area (Å²) < 4.78 is 0. The predicted octanol–water partition coefficient (Wildman–Crippen LogP) is 3.54. The highest BCUT2D eigenvalue weighted by Crippen LogP contribution is 2.33. The second-order valence-electron chi connectivity index (χ2n) is 8.55. The molecule has 146 valence electrons. The quantitative estimate of drug-likeness (QED) is 0.826. The zero-order valence-electron chi connectivity index (χ0n) is 16.2. The molecule has 3 aliphatic rings. The minimum atomic E-state index is -0.612. The first kappa shape index (κ1) is 18.5. The molecule has 1 N–H and O–H groups in total. The molecule has 1 aromatic carbocycles. The van der Waals surface area contributed by atoms with E-state index in [1.54, 1.807) is 0 Å². The highest BCUT2D eigenvalue weighted by molar-refractivity contribution is 6.07. The smallest absolute Gasteiger partial charge is 0.323 e. The third kappa shape index (κ3) is 4.03. The minimum Gasteiger partial charge on any atom is -0.323 e. The Bertz CT molecular complexity index is 659. The number of urea groups is 1. The first-order valence-electron chi connectivity index (χ1n) is 10.6. The Hall–Kier alpha value is -1.88. The van der Waals surface area contributed by atoms with Crippen LogP contribution in [-0.2, 0) is 11.2 Å². The maximum Gasteiger partial charge on any atom is 0.326 e. The van der Waals surface area contributed by atoms with E-state index in [2.05, 4.69) is 40.5 Å². The van der Waals surface area contributed by atoms with Crippen LogP contribution in [0.5, 0.6) is 0 Å². The van der Waals surface area contributed by atoms with Crippen LogP contribution in [-0.4, -0.2) is 47.0 Å². The molecule has 4 rings (SSSR count). The van der Waals surface area contributed by atoms with Crippen molar-refractivity contribution in [3.63, 3.8) is 0 Å². The number of likely N-dealkylation sites (tertiary alicyclic amines) is 1. The summed E-state index contributed by atoms with van der Waals surface area (Å²) in [5.74, 6) is 0.709. The Morgan fingerprint density at radius 3 is 2.30 bits per heavy atom. The summed E-state index contributed by atoms with van der Waals surface area (Å²) >= 11 is 0. The number of imide groups is 1. The molecular weight excluding hydrogens is 338 g/mol. The van der Waals surface area contributed by atoms with Crippen molar-refractivity contribution in [1.82, 2.24) is 15.1 Å². The van der Waals surface area contributed by atoms with Crippen LogP contribution in [0.3, 0.4) is 0 Å². The number of nitrogens with zero attached hydrogens (tertiary/aromatic N) is 2. The molecule has 0 radical (unpaired) electrons. The molecule has 5 nitrogen and oxygen atoms in total. The highest BCUT2D eigenvalue weighted by Gasteiger charge is 2.51. The zero-order chi connectivity index (χ0) is 18.7. The zero-order valence-corrected chi connectivity index (χ0v) is 16.2. The largest absolute Gasteiger partial charge is 0.326 e. The van der Waals surface area contributed by atoms with E-state index < -0.39 is 5.54 Å². The van der Waals surface area contributed by atoms with Crippen molar-refractivity contribution >= 4 is 11.9 Å². The predicted molar refractivity (Wildman–Crippen MR) is 105 cm³/mol. The number of carbonyl (C=O) groups is 2. The van der Waals surface area contributed by atoms with Crippen molar-refractivity contribution in [3.05, 3.63) is 35.9 Å². The molecule has 1 aromatic rings. The van der Waals surface area contributed by atoms with Crippen LogP contribution in [0, 0.1) is 5.92 Å². The van der Waals surface area contributed by atoms with Gasteiger partial charge in [0.1, 0.15) is 5.54 Å². The second kappa shape index (κ2) is 8.01. The van der Waals surface area contributed by atoms with Crippen LogP contribution in [0.1, 0.15) is 56.9 Å². The average Bonchev–Trinajstić information content (AvgIpc) is 2.85. The van der Waals surface area contributed by atoms with E-state index in [-0.39, 0.29) is 11.9 Å². The molecule has 2 saturated heterocycles. The first-order valence-corrected chi connectivity index (χ1v) is 10.6. The molecule has 0 atom stereocenters. The van der Waals surface area contributed by atoms with Crippen LogP contribution in [0.2, 0.25) is 0 Å². The maximum atomic E-state index is 13.0. The van der Waals surface area contributed by atoms with Crippen molar-refractivity contribution in [1.29, 1.82) is 0 Å². The second-order valence-corrected chi connectivity index (χ2v) is 8.55. The van der Waals surface area contributed by atoms with Crippen molar-refractivity contribution in [3.8, 4) is 0 Å². The number of piperidine rings is 1. The van der Waals surface area contributed by atoms with Crippen LogP contribution < -0.4 is 5.32 Å². The molecule has 2 aliphatic heterocycles. The van der Waals surface area contributed by atoms with Gasteiger partial charge >= 0.3 is 6.03 Å². The van der Waals surface area contributed by atoms with Crippen molar-refractivity contribution in [2.75, 3.05) is 19.8 Å². The lowest BCUT2D eigenvalue weighted by Crippen LogP contribution is -2.48. The minimum absolute atomic E-state index is 0.0146. The summed E-state index contributed by atoms with van der Waals surface area (Å²) in [7, 11) is 0. The van der Waals surface area contributed by atoms with Crippen LogP contribution in [0.15, 0.2) is 30.3 Å². The van der Waals surface area contributed by atoms with Crippen molar-refractivity contribution < 1.29 is 9.59 Å². The molecule has 1 spiro atoms. The van der Waals surface area contributed by atoms with E-state index in [1.165, 1.54) is 23.3 Å². The molecule has 5 heteroatoms. The Morgan fingerprint density at radius 1 is 0.963 bits per heavy atom. The van der Waals surface area contributed by atoms with Crippen LogP contribution in [0.4, 0.5) is 4.79 Å². The van der Waals surface area contributed by atoms with Crippen LogP contribution in [0.25, 0.3) is 0 Å². The van der Waals surface area contributed by atoms with Gasteiger partial charge in [-0.2, -0.15) is 0 Å². The number of rotatable bonds is 4. The lowest BCUT2D eigenvalue weighted by atomic mass is 9.90. The topological polar surface area (TPSA) is 52.7 Å². The van der Waals surface area contributed by atoms with Gasteiger partial charge in [0.25, 0.3) is 5.91 Å². The molecule has 27 heavy (non-hydrogen) atoms. The molecule has 2 heterocycles. The average molecular weight is 370 g/mol. The number of nitrogens with one attached hydrogen (secondary N) is 1. The number of carbonyl (C=O) groups excluding carboxylic acids is 2. The number of hydrogen-bond acceptors (Lipinski definition) is 3. The molecule has 1 aliphatic carbocycles. The number of benzene rings is 1. The van der Waals surface area contributed by atoms with Gasteiger partial charge in [-0.1, -0.05) is 56.0 Å². The Kier molecular flexibility index (Phi) is 5.48. The van der Waals surface area contributed by atoms with Gasteiger partial charge in [-0.3, -0.25) is 9.69 Å². The molecular formula is C22H31N3O2. The first-order chi connectivity index (χ1) is 13.2. The van der Waals surface area contributed by atoms with Gasteiger partial charge in [0.2, 0.25) is 0 Å². The van der Waals surface area contributed by atoms with E-state index in [1.807, 2.05) is 0 Å². The summed E-state index contributed by atoms with van der Waals surface area (Å²) in [6.07, 6.45) is 9.38. The summed E-state index contributed by atoms with van der Waals surface area (Å²) in [4.78, 5) is 29.3. The van der Waals surface area contributed by atoms with E-state index in [0.29, 0.717) is 12.6 Å². The lowest BCUT2D eigenvalue weighted by Gasteiger charge is -2.34. The molecule has 3 amide bonds. The fraction of sp³-hybridized carbons (Fsp3) is 0.636. The summed E-state index contributed by atoms with van der Waals surface area (Å²) in [5.41, 5.74) is 0.791. The fourth-order valence-electron chi connectivity index (χ4n) is 4.96. The maximum absolute atomic E-state index is 13.0.